The van der Waals surface area contributed by atoms with Gasteiger partial charge in [0.05, 0.1) is 30.2 Å². The zero-order chi connectivity index (χ0) is 23.7. The number of halogens is 1. The Labute approximate surface area is 199 Å². The molecule has 2 heterocycles. The molecule has 0 unspecified atom stereocenters. The zero-order valence-corrected chi connectivity index (χ0v) is 19.6. The van der Waals surface area contributed by atoms with Crippen LogP contribution in [0.25, 0.3) is 11.3 Å². The Morgan fingerprint density at radius 3 is 2.44 bits per heavy atom. The third kappa shape index (κ3) is 4.66. The van der Waals surface area contributed by atoms with E-state index in [9.17, 15) is 9.18 Å². The van der Waals surface area contributed by atoms with Crippen LogP contribution in [0, 0.1) is 19.7 Å². The Balaban J connectivity index is 1.58. The van der Waals surface area contributed by atoms with Crippen molar-refractivity contribution in [2.75, 3.05) is 31.2 Å². The second-order valence-electron chi connectivity index (χ2n) is 9.06. The molecule has 0 radical (unpaired) electrons. The fourth-order valence-corrected chi connectivity index (χ4v) is 4.35. The molecule has 1 amide bonds. The maximum absolute atomic E-state index is 15.0. The fourth-order valence-electron chi connectivity index (χ4n) is 4.35. The fraction of sp³-hybridized carbons (Fsp3) is 0.370. The third-order valence-corrected chi connectivity index (χ3v) is 6.44. The SMILES string of the molecule is Cc1ccc(CN(C(=O)c2c(C)nc(N3CCOCC3)nc2-c2ccccc2F)C2CC2)cc1. The standard InChI is InChI=1S/C27H29FN4O2/c1-18-7-9-20(10-8-18)17-32(21-11-12-21)26(33)24-19(2)29-27(31-13-15-34-16-14-31)30-25(24)22-5-3-4-6-23(22)28/h3-10,21H,11-17H2,1-2H3. The molecule has 176 valence electrons. The van der Waals surface area contributed by atoms with E-state index >= 15 is 0 Å². The Hall–Kier alpha value is -3.32. The normalized spacial score (nSPS) is 15.9. The van der Waals surface area contributed by atoms with Crippen LogP contribution in [0.2, 0.25) is 0 Å². The highest BCUT2D eigenvalue weighted by Crippen LogP contribution is 2.34. The highest BCUT2D eigenvalue weighted by molar-refractivity contribution is 6.01. The van der Waals surface area contributed by atoms with Gasteiger partial charge in [0.1, 0.15) is 5.82 Å². The smallest absolute Gasteiger partial charge is 0.258 e. The van der Waals surface area contributed by atoms with Gasteiger partial charge in [0.15, 0.2) is 0 Å². The summed E-state index contributed by atoms with van der Waals surface area (Å²) >= 11 is 0. The molecule has 2 aliphatic rings. The molecule has 0 bridgehead atoms. The van der Waals surface area contributed by atoms with E-state index in [0.717, 1.165) is 18.4 Å². The van der Waals surface area contributed by atoms with Crippen LogP contribution < -0.4 is 4.90 Å². The van der Waals surface area contributed by atoms with E-state index in [1.54, 1.807) is 18.2 Å². The first-order chi connectivity index (χ1) is 16.5. The molecule has 3 aromatic rings. The lowest BCUT2D eigenvalue weighted by molar-refractivity contribution is 0.0729. The van der Waals surface area contributed by atoms with Gasteiger partial charge in [0.25, 0.3) is 5.91 Å². The van der Waals surface area contributed by atoms with Crippen LogP contribution in [-0.2, 0) is 11.3 Å². The molecule has 1 saturated heterocycles. The molecule has 34 heavy (non-hydrogen) atoms. The summed E-state index contributed by atoms with van der Waals surface area (Å²) in [7, 11) is 0. The number of nitrogens with zero attached hydrogens (tertiary/aromatic N) is 4. The lowest BCUT2D eigenvalue weighted by Gasteiger charge is -2.29. The Morgan fingerprint density at radius 2 is 1.76 bits per heavy atom. The van der Waals surface area contributed by atoms with E-state index < -0.39 is 5.82 Å². The summed E-state index contributed by atoms with van der Waals surface area (Å²) in [4.78, 5) is 27.4. The van der Waals surface area contributed by atoms with Crippen LogP contribution in [0.4, 0.5) is 10.3 Å². The van der Waals surface area contributed by atoms with Crippen molar-refractivity contribution in [2.24, 2.45) is 0 Å². The second kappa shape index (κ2) is 9.50. The molecule has 7 heteroatoms. The minimum atomic E-state index is -0.404. The lowest BCUT2D eigenvalue weighted by atomic mass is 10.0. The number of ether oxygens (including phenoxy) is 1. The van der Waals surface area contributed by atoms with Gasteiger partial charge in [0.2, 0.25) is 5.95 Å². The molecule has 2 fully saturated rings. The average molecular weight is 461 g/mol. The van der Waals surface area contributed by atoms with Gasteiger partial charge in [-0.15, -0.1) is 0 Å². The number of hydrogen-bond acceptors (Lipinski definition) is 5. The predicted octanol–water partition coefficient (Wildman–Crippen LogP) is 4.54. The van der Waals surface area contributed by atoms with Crippen LogP contribution in [0.3, 0.4) is 0 Å². The van der Waals surface area contributed by atoms with Gasteiger partial charge >= 0.3 is 0 Å². The van der Waals surface area contributed by atoms with Gasteiger partial charge in [-0.3, -0.25) is 4.79 Å². The van der Waals surface area contributed by atoms with Gasteiger partial charge in [-0.2, -0.15) is 0 Å². The van der Waals surface area contributed by atoms with E-state index in [1.165, 1.54) is 11.6 Å². The predicted molar refractivity (Wildman–Crippen MR) is 129 cm³/mol. The van der Waals surface area contributed by atoms with Gasteiger partial charge in [-0.05, 0) is 44.4 Å². The van der Waals surface area contributed by atoms with Gasteiger partial charge in [-0.25, -0.2) is 14.4 Å². The number of aryl methyl sites for hydroxylation is 2. The summed E-state index contributed by atoms with van der Waals surface area (Å²) in [5.41, 5.74) is 3.86. The van der Waals surface area contributed by atoms with Crippen molar-refractivity contribution in [1.82, 2.24) is 14.9 Å². The van der Waals surface area contributed by atoms with Crippen LogP contribution >= 0.6 is 0 Å². The summed E-state index contributed by atoms with van der Waals surface area (Å²) in [6.07, 6.45) is 1.94. The minimum absolute atomic E-state index is 0.146. The van der Waals surface area contributed by atoms with Crippen molar-refractivity contribution in [3.05, 3.63) is 76.7 Å². The van der Waals surface area contributed by atoms with E-state index in [1.807, 2.05) is 23.6 Å². The monoisotopic (exact) mass is 460 g/mol. The molecular formula is C27H29FN4O2. The van der Waals surface area contributed by atoms with Crippen molar-refractivity contribution < 1.29 is 13.9 Å². The zero-order valence-electron chi connectivity index (χ0n) is 19.6. The molecule has 1 aliphatic carbocycles. The molecule has 5 rings (SSSR count). The molecule has 1 saturated carbocycles. The van der Waals surface area contributed by atoms with E-state index in [0.29, 0.717) is 61.3 Å². The topological polar surface area (TPSA) is 58.6 Å². The van der Waals surface area contributed by atoms with E-state index in [2.05, 4.69) is 24.3 Å². The maximum Gasteiger partial charge on any atom is 0.258 e. The quantitative estimate of drug-likeness (QED) is 0.541. The van der Waals surface area contributed by atoms with Crippen LogP contribution in [0.1, 0.15) is 40.0 Å². The molecular weight excluding hydrogens is 431 g/mol. The highest BCUT2D eigenvalue weighted by atomic mass is 19.1. The summed E-state index contributed by atoms with van der Waals surface area (Å²) in [6, 6.07) is 14.9. The van der Waals surface area contributed by atoms with Gasteiger partial charge in [0, 0.05) is 31.2 Å². The van der Waals surface area contributed by atoms with Crippen molar-refractivity contribution in [2.45, 2.75) is 39.3 Å². The second-order valence-corrected chi connectivity index (χ2v) is 9.06. The number of carbonyl (C=O) groups excluding carboxylic acids is 1. The van der Waals surface area contributed by atoms with Crippen LogP contribution in [0.15, 0.2) is 48.5 Å². The Bertz CT molecular complexity index is 1190. The molecule has 1 aliphatic heterocycles. The Morgan fingerprint density at radius 1 is 1.06 bits per heavy atom. The van der Waals surface area contributed by atoms with Gasteiger partial charge < -0.3 is 14.5 Å². The van der Waals surface area contributed by atoms with Crippen molar-refractivity contribution in [1.29, 1.82) is 0 Å². The highest BCUT2D eigenvalue weighted by Gasteiger charge is 2.36. The van der Waals surface area contributed by atoms with Crippen molar-refractivity contribution in [3.63, 3.8) is 0 Å². The summed E-state index contributed by atoms with van der Waals surface area (Å²) in [6.45, 7) is 6.86. The van der Waals surface area contributed by atoms with E-state index in [4.69, 9.17) is 14.7 Å². The minimum Gasteiger partial charge on any atom is -0.378 e. The number of hydrogen-bond donors (Lipinski definition) is 0. The first-order valence-corrected chi connectivity index (χ1v) is 11.8. The number of anilines is 1. The first-order valence-electron chi connectivity index (χ1n) is 11.8. The van der Waals surface area contributed by atoms with Crippen LogP contribution in [0.5, 0.6) is 0 Å². The number of amides is 1. The van der Waals surface area contributed by atoms with E-state index in [-0.39, 0.29) is 11.9 Å². The number of rotatable bonds is 6. The molecule has 0 atom stereocenters. The van der Waals surface area contributed by atoms with Crippen LogP contribution in [-0.4, -0.2) is 53.1 Å². The molecule has 0 spiro atoms. The number of benzene rings is 2. The van der Waals surface area contributed by atoms with Gasteiger partial charge in [-0.1, -0.05) is 42.0 Å². The maximum atomic E-state index is 15.0. The number of morpholine rings is 1. The summed E-state index contributed by atoms with van der Waals surface area (Å²) in [5, 5.41) is 0. The van der Waals surface area contributed by atoms with Crippen molar-refractivity contribution >= 4 is 11.9 Å². The summed E-state index contributed by atoms with van der Waals surface area (Å²) in [5.74, 6) is -0.0430. The summed E-state index contributed by atoms with van der Waals surface area (Å²) < 4.78 is 20.4. The number of aromatic nitrogens is 2. The lowest BCUT2D eigenvalue weighted by Crippen LogP contribution is -2.38. The third-order valence-electron chi connectivity index (χ3n) is 6.44. The molecule has 6 nitrogen and oxygen atoms in total. The van der Waals surface area contributed by atoms with Crippen molar-refractivity contribution in [3.8, 4) is 11.3 Å². The molecule has 0 N–H and O–H groups in total. The molecule has 1 aromatic heterocycles. The molecule has 2 aromatic carbocycles. The largest absolute Gasteiger partial charge is 0.378 e. The Kier molecular flexibility index (Phi) is 6.28. The first kappa shape index (κ1) is 22.5. The average Bonchev–Trinajstić information content (AvgIpc) is 3.69. The number of carbonyl (C=O) groups is 1.